The van der Waals surface area contributed by atoms with Crippen LogP contribution in [0, 0.1) is 0 Å². The van der Waals surface area contributed by atoms with Gasteiger partial charge < -0.3 is 5.73 Å². The van der Waals surface area contributed by atoms with Gasteiger partial charge in [-0.1, -0.05) is 19.3 Å². The summed E-state index contributed by atoms with van der Waals surface area (Å²) in [6.45, 7) is 2.44. The van der Waals surface area contributed by atoms with E-state index in [1.807, 2.05) is 6.92 Å². The van der Waals surface area contributed by atoms with Crippen molar-refractivity contribution in [2.24, 2.45) is 5.73 Å². The van der Waals surface area contributed by atoms with E-state index in [0.29, 0.717) is 6.54 Å². The van der Waals surface area contributed by atoms with Crippen LogP contribution in [0.15, 0.2) is 0 Å². The van der Waals surface area contributed by atoms with E-state index >= 15 is 0 Å². The molecule has 1 aliphatic carbocycles. The zero-order valence-corrected chi connectivity index (χ0v) is 11.2. The Bertz CT molecular complexity index is 295. The van der Waals surface area contributed by atoms with Gasteiger partial charge >= 0.3 is 0 Å². The molecule has 96 valence electrons. The van der Waals surface area contributed by atoms with Crippen LogP contribution in [0.4, 0.5) is 0 Å². The topological polar surface area (TPSA) is 63.4 Å². The summed E-state index contributed by atoms with van der Waals surface area (Å²) in [6.07, 6.45) is 5.64. The number of nitrogens with zero attached hydrogens (tertiary/aromatic N) is 1. The fourth-order valence-corrected chi connectivity index (χ4v) is 3.93. The van der Waals surface area contributed by atoms with Crippen LogP contribution in [0.1, 0.15) is 45.4 Å². The molecule has 0 heterocycles. The molecule has 0 amide bonds. The highest BCUT2D eigenvalue weighted by Crippen LogP contribution is 2.25. The van der Waals surface area contributed by atoms with Crippen molar-refractivity contribution in [2.75, 3.05) is 13.6 Å². The molecular formula is C11H24N2O2S. The summed E-state index contributed by atoms with van der Waals surface area (Å²) >= 11 is 0. The molecule has 0 aliphatic heterocycles. The van der Waals surface area contributed by atoms with Gasteiger partial charge in [0.05, 0.1) is 5.25 Å². The Morgan fingerprint density at radius 1 is 1.31 bits per heavy atom. The van der Waals surface area contributed by atoms with Gasteiger partial charge in [0, 0.05) is 19.6 Å². The van der Waals surface area contributed by atoms with Crippen LogP contribution in [0.2, 0.25) is 0 Å². The fraction of sp³-hybridized carbons (Fsp3) is 1.00. The second kappa shape index (κ2) is 5.98. The van der Waals surface area contributed by atoms with Gasteiger partial charge in [-0.05, 0) is 26.2 Å². The van der Waals surface area contributed by atoms with Crippen molar-refractivity contribution in [3.05, 3.63) is 0 Å². The molecule has 4 nitrogen and oxygen atoms in total. The summed E-state index contributed by atoms with van der Waals surface area (Å²) < 4.78 is 25.9. The van der Waals surface area contributed by atoms with Crippen molar-refractivity contribution >= 4 is 10.0 Å². The Kier molecular flexibility index (Phi) is 5.21. The molecule has 1 atom stereocenters. The molecule has 16 heavy (non-hydrogen) atoms. The van der Waals surface area contributed by atoms with Gasteiger partial charge in [0.1, 0.15) is 0 Å². The highest BCUT2D eigenvalue weighted by molar-refractivity contribution is 7.89. The van der Waals surface area contributed by atoms with Crippen LogP contribution in [0.5, 0.6) is 0 Å². The lowest BCUT2D eigenvalue weighted by molar-refractivity contribution is 0.413. The molecular weight excluding hydrogens is 224 g/mol. The molecule has 0 aromatic carbocycles. The van der Waals surface area contributed by atoms with Crippen molar-refractivity contribution < 1.29 is 8.42 Å². The lowest BCUT2D eigenvalue weighted by Gasteiger charge is -2.27. The average Bonchev–Trinajstić information content (AvgIpc) is 2.27. The van der Waals surface area contributed by atoms with E-state index in [9.17, 15) is 8.42 Å². The average molecular weight is 248 g/mol. The predicted molar refractivity (Wildman–Crippen MR) is 66.7 cm³/mol. The predicted octanol–water partition coefficient (Wildman–Crippen LogP) is 1.32. The molecule has 0 saturated heterocycles. The van der Waals surface area contributed by atoms with Gasteiger partial charge in [0.2, 0.25) is 10.0 Å². The molecule has 1 unspecified atom stereocenters. The summed E-state index contributed by atoms with van der Waals surface area (Å²) in [7, 11) is -1.41. The third-order valence-electron chi connectivity index (χ3n) is 3.31. The largest absolute Gasteiger partial charge is 0.328 e. The van der Waals surface area contributed by atoms with Crippen molar-refractivity contribution in [1.29, 1.82) is 0 Å². The van der Waals surface area contributed by atoms with Gasteiger partial charge in [-0.15, -0.1) is 0 Å². The third-order valence-corrected chi connectivity index (χ3v) is 5.67. The van der Waals surface area contributed by atoms with E-state index in [0.717, 1.165) is 32.1 Å². The highest BCUT2D eigenvalue weighted by atomic mass is 32.2. The molecule has 2 N–H and O–H groups in total. The summed E-state index contributed by atoms with van der Waals surface area (Å²) in [5.41, 5.74) is 5.64. The van der Waals surface area contributed by atoms with Crippen LogP contribution in [0.25, 0.3) is 0 Å². The monoisotopic (exact) mass is 248 g/mol. The maximum atomic E-state index is 12.2. The standard InChI is InChI=1S/C11H24N2O2S/c1-10(12)8-9-13(2)16(14,15)11-6-4-3-5-7-11/h10-11H,3-9,12H2,1-2H3. The van der Waals surface area contributed by atoms with Gasteiger partial charge in [-0.2, -0.15) is 0 Å². The van der Waals surface area contributed by atoms with Crippen LogP contribution in [-0.2, 0) is 10.0 Å². The van der Waals surface area contributed by atoms with E-state index in [4.69, 9.17) is 5.73 Å². The van der Waals surface area contributed by atoms with Crippen molar-refractivity contribution in [3.8, 4) is 0 Å². The maximum absolute atomic E-state index is 12.2. The molecule has 1 aliphatic rings. The van der Waals surface area contributed by atoms with Gasteiger partial charge in [0.15, 0.2) is 0 Å². The number of rotatable bonds is 5. The van der Waals surface area contributed by atoms with Gasteiger partial charge in [-0.25, -0.2) is 12.7 Å². The van der Waals surface area contributed by atoms with Gasteiger partial charge in [0.25, 0.3) is 0 Å². The van der Waals surface area contributed by atoms with Gasteiger partial charge in [-0.3, -0.25) is 0 Å². The first kappa shape index (κ1) is 13.9. The molecule has 0 aromatic rings. The Balaban J connectivity index is 2.54. The molecule has 0 spiro atoms. The maximum Gasteiger partial charge on any atom is 0.216 e. The molecule has 5 heteroatoms. The number of hydrogen-bond donors (Lipinski definition) is 1. The fourth-order valence-electron chi connectivity index (χ4n) is 2.13. The Labute approximate surface area is 99.2 Å². The molecule has 1 fully saturated rings. The van der Waals surface area contributed by atoms with E-state index in [1.165, 1.54) is 10.7 Å². The Morgan fingerprint density at radius 2 is 1.88 bits per heavy atom. The Hall–Kier alpha value is -0.130. The number of hydrogen-bond acceptors (Lipinski definition) is 3. The zero-order chi connectivity index (χ0) is 12.2. The lowest BCUT2D eigenvalue weighted by atomic mass is 10.0. The molecule has 1 rings (SSSR count). The lowest BCUT2D eigenvalue weighted by Crippen LogP contribution is -2.39. The van der Waals surface area contributed by atoms with Crippen LogP contribution in [0.3, 0.4) is 0 Å². The summed E-state index contributed by atoms with van der Waals surface area (Å²) in [5.74, 6) is 0. The van der Waals surface area contributed by atoms with E-state index in [2.05, 4.69) is 0 Å². The summed E-state index contributed by atoms with van der Waals surface area (Å²) in [6, 6.07) is 0.0593. The Morgan fingerprint density at radius 3 is 2.38 bits per heavy atom. The minimum atomic E-state index is -3.08. The first-order valence-electron chi connectivity index (χ1n) is 6.15. The number of nitrogens with two attached hydrogens (primary N) is 1. The zero-order valence-electron chi connectivity index (χ0n) is 10.4. The molecule has 1 saturated carbocycles. The molecule has 0 bridgehead atoms. The minimum absolute atomic E-state index is 0.0593. The minimum Gasteiger partial charge on any atom is -0.328 e. The summed E-state index contributed by atoms with van der Waals surface area (Å²) in [4.78, 5) is 0. The van der Waals surface area contributed by atoms with Crippen LogP contribution in [-0.4, -0.2) is 37.6 Å². The number of sulfonamides is 1. The summed E-state index contributed by atoms with van der Waals surface area (Å²) in [5, 5.41) is -0.153. The third kappa shape index (κ3) is 3.71. The first-order chi connectivity index (χ1) is 7.44. The normalized spacial score (nSPS) is 21.2. The smallest absolute Gasteiger partial charge is 0.216 e. The van der Waals surface area contributed by atoms with Crippen LogP contribution < -0.4 is 5.73 Å². The van der Waals surface area contributed by atoms with Crippen molar-refractivity contribution in [1.82, 2.24) is 4.31 Å². The quantitative estimate of drug-likeness (QED) is 0.798. The highest BCUT2D eigenvalue weighted by Gasteiger charge is 2.30. The second-order valence-corrected chi connectivity index (χ2v) is 7.21. The van der Waals surface area contributed by atoms with E-state index in [1.54, 1.807) is 7.05 Å². The first-order valence-corrected chi connectivity index (χ1v) is 7.65. The van der Waals surface area contributed by atoms with Crippen molar-refractivity contribution in [3.63, 3.8) is 0 Å². The van der Waals surface area contributed by atoms with Crippen LogP contribution >= 0.6 is 0 Å². The second-order valence-electron chi connectivity index (χ2n) is 4.89. The van der Waals surface area contributed by atoms with Crippen molar-refractivity contribution in [2.45, 2.75) is 56.7 Å². The van der Waals surface area contributed by atoms with E-state index in [-0.39, 0.29) is 11.3 Å². The van der Waals surface area contributed by atoms with E-state index < -0.39 is 10.0 Å². The SMILES string of the molecule is CC(N)CCN(C)S(=O)(=O)C1CCCCC1. The molecule has 0 radical (unpaired) electrons. The molecule has 0 aromatic heterocycles.